The summed E-state index contributed by atoms with van der Waals surface area (Å²) in [5.74, 6) is 0.418. The summed E-state index contributed by atoms with van der Waals surface area (Å²) in [5.41, 5.74) is 1.63. The van der Waals surface area contributed by atoms with Crippen LogP contribution in [0, 0.1) is 0 Å². The topological polar surface area (TPSA) is 48.4 Å². The third-order valence-electron chi connectivity index (χ3n) is 2.69. The van der Waals surface area contributed by atoms with Gasteiger partial charge in [-0.1, -0.05) is 18.2 Å². The van der Waals surface area contributed by atoms with Gasteiger partial charge in [0, 0.05) is 12.3 Å². The number of pyridine rings is 1. The molecule has 0 aliphatic carbocycles. The lowest BCUT2D eigenvalue weighted by Crippen LogP contribution is -2.01. The van der Waals surface area contributed by atoms with E-state index in [0.717, 1.165) is 17.0 Å². The van der Waals surface area contributed by atoms with Crippen LogP contribution in [-0.2, 0) is 16.1 Å². The molecule has 0 amide bonds. The maximum Gasteiger partial charge on any atom is 0.331 e. The fourth-order valence-electron chi connectivity index (χ4n) is 1.68. The van der Waals surface area contributed by atoms with Crippen molar-refractivity contribution in [3.05, 3.63) is 66.0 Å². The maximum absolute atomic E-state index is 11.6. The Hall–Kier alpha value is -2.62. The number of nitrogens with zero attached hydrogens (tertiary/aromatic N) is 1. The highest BCUT2D eigenvalue weighted by atomic mass is 16.5. The summed E-state index contributed by atoms with van der Waals surface area (Å²) in [6.45, 7) is 2.74. The zero-order chi connectivity index (χ0) is 14.9. The van der Waals surface area contributed by atoms with Gasteiger partial charge in [-0.05, 0) is 42.8 Å². The number of carbonyl (C=O) groups is 1. The Balaban J connectivity index is 1.84. The van der Waals surface area contributed by atoms with Crippen LogP contribution < -0.4 is 4.74 Å². The fourth-order valence-corrected chi connectivity index (χ4v) is 1.68. The van der Waals surface area contributed by atoms with Gasteiger partial charge in [0.05, 0.1) is 12.3 Å². The summed E-state index contributed by atoms with van der Waals surface area (Å²) in [5, 5.41) is 0. The first-order chi connectivity index (χ1) is 10.3. The van der Waals surface area contributed by atoms with Gasteiger partial charge in [0.2, 0.25) is 0 Å². The number of benzene rings is 1. The third kappa shape index (κ3) is 5.10. The maximum atomic E-state index is 11.6. The Bertz CT molecular complexity index is 591. The highest BCUT2D eigenvalue weighted by Crippen LogP contribution is 2.13. The van der Waals surface area contributed by atoms with E-state index in [1.807, 2.05) is 49.4 Å². The Labute approximate surface area is 124 Å². The molecule has 0 fully saturated rings. The van der Waals surface area contributed by atoms with Gasteiger partial charge in [0.25, 0.3) is 0 Å². The second-order valence-corrected chi connectivity index (χ2v) is 4.26. The van der Waals surface area contributed by atoms with Gasteiger partial charge in [0.15, 0.2) is 0 Å². The molecule has 1 heterocycles. The highest BCUT2D eigenvalue weighted by Gasteiger charge is 1.99. The normalized spacial score (nSPS) is 10.5. The van der Waals surface area contributed by atoms with Crippen LogP contribution in [0.5, 0.6) is 5.75 Å². The Morgan fingerprint density at radius 3 is 2.67 bits per heavy atom. The fraction of sp³-hybridized carbons (Fsp3) is 0.176. The lowest BCUT2D eigenvalue weighted by Gasteiger charge is -2.02. The number of rotatable bonds is 6. The van der Waals surface area contributed by atoms with E-state index in [1.54, 1.807) is 12.3 Å². The van der Waals surface area contributed by atoms with Gasteiger partial charge < -0.3 is 9.47 Å². The van der Waals surface area contributed by atoms with Gasteiger partial charge in [-0.2, -0.15) is 0 Å². The molecule has 4 nitrogen and oxygen atoms in total. The molecule has 0 N–H and O–H groups in total. The van der Waals surface area contributed by atoms with Crippen LogP contribution in [0.15, 0.2) is 54.7 Å². The summed E-state index contributed by atoms with van der Waals surface area (Å²) in [7, 11) is 0. The molecule has 0 atom stereocenters. The van der Waals surface area contributed by atoms with E-state index in [9.17, 15) is 4.79 Å². The van der Waals surface area contributed by atoms with E-state index in [1.165, 1.54) is 6.08 Å². The van der Waals surface area contributed by atoms with Crippen molar-refractivity contribution in [2.75, 3.05) is 6.61 Å². The Morgan fingerprint density at radius 2 is 2.00 bits per heavy atom. The summed E-state index contributed by atoms with van der Waals surface area (Å²) in [4.78, 5) is 15.7. The molecule has 1 aromatic carbocycles. The molecule has 1 aromatic heterocycles. The van der Waals surface area contributed by atoms with Crippen LogP contribution in [0.3, 0.4) is 0 Å². The van der Waals surface area contributed by atoms with Crippen LogP contribution in [0.2, 0.25) is 0 Å². The molecule has 108 valence electrons. The van der Waals surface area contributed by atoms with E-state index in [4.69, 9.17) is 9.47 Å². The third-order valence-corrected chi connectivity index (χ3v) is 2.69. The van der Waals surface area contributed by atoms with E-state index >= 15 is 0 Å². The lowest BCUT2D eigenvalue weighted by molar-refractivity contribution is -0.139. The molecule has 0 saturated carbocycles. The summed E-state index contributed by atoms with van der Waals surface area (Å²) >= 11 is 0. The smallest absolute Gasteiger partial charge is 0.331 e. The van der Waals surface area contributed by atoms with Crippen molar-refractivity contribution in [3.63, 3.8) is 0 Å². The molecule has 0 radical (unpaired) electrons. The Kier molecular flexibility index (Phi) is 5.52. The van der Waals surface area contributed by atoms with E-state index in [-0.39, 0.29) is 6.61 Å². The standard InChI is InChI=1S/C17H17NO3/c1-2-20-16-9-6-14(7-10-16)8-11-17(19)21-13-15-5-3-4-12-18-15/h3-12H,2,13H2,1H3/b11-8+. The van der Waals surface area contributed by atoms with Crippen LogP contribution in [-0.4, -0.2) is 17.6 Å². The molecular formula is C17H17NO3. The number of esters is 1. The van der Waals surface area contributed by atoms with Crippen LogP contribution >= 0.6 is 0 Å². The van der Waals surface area contributed by atoms with Crippen LogP contribution in [0.25, 0.3) is 6.08 Å². The van der Waals surface area contributed by atoms with Gasteiger partial charge in [-0.25, -0.2) is 4.79 Å². The van der Waals surface area contributed by atoms with Crippen LogP contribution in [0.4, 0.5) is 0 Å². The van der Waals surface area contributed by atoms with Gasteiger partial charge in [0.1, 0.15) is 12.4 Å². The number of aromatic nitrogens is 1. The molecule has 2 rings (SSSR count). The first-order valence-electron chi connectivity index (χ1n) is 6.75. The number of carbonyl (C=O) groups excluding carboxylic acids is 1. The van der Waals surface area contributed by atoms with Crippen molar-refractivity contribution < 1.29 is 14.3 Å². The van der Waals surface area contributed by atoms with Crippen molar-refractivity contribution >= 4 is 12.0 Å². The number of ether oxygens (including phenoxy) is 2. The second kappa shape index (κ2) is 7.85. The SMILES string of the molecule is CCOc1ccc(/C=C/C(=O)OCc2ccccn2)cc1. The second-order valence-electron chi connectivity index (χ2n) is 4.26. The zero-order valence-electron chi connectivity index (χ0n) is 11.9. The van der Waals surface area contributed by atoms with Crippen molar-refractivity contribution in [1.82, 2.24) is 4.98 Å². The van der Waals surface area contributed by atoms with Gasteiger partial charge in [-0.3, -0.25) is 4.98 Å². The van der Waals surface area contributed by atoms with Crippen LogP contribution in [0.1, 0.15) is 18.2 Å². The predicted octanol–water partition coefficient (Wildman–Crippen LogP) is 3.24. The summed E-state index contributed by atoms with van der Waals surface area (Å²) in [6, 6.07) is 13.0. The monoisotopic (exact) mass is 283 g/mol. The average molecular weight is 283 g/mol. The van der Waals surface area contributed by atoms with Crippen molar-refractivity contribution in [2.45, 2.75) is 13.5 Å². The lowest BCUT2D eigenvalue weighted by atomic mass is 10.2. The molecule has 21 heavy (non-hydrogen) atoms. The quantitative estimate of drug-likeness (QED) is 0.603. The Morgan fingerprint density at radius 1 is 1.19 bits per heavy atom. The summed E-state index contributed by atoms with van der Waals surface area (Å²) in [6.07, 6.45) is 4.77. The average Bonchev–Trinajstić information content (AvgIpc) is 2.53. The molecule has 2 aromatic rings. The molecule has 0 spiro atoms. The predicted molar refractivity (Wildman–Crippen MR) is 80.7 cm³/mol. The first-order valence-corrected chi connectivity index (χ1v) is 6.75. The van der Waals surface area contributed by atoms with Crippen molar-refractivity contribution in [2.24, 2.45) is 0 Å². The summed E-state index contributed by atoms with van der Waals surface area (Å²) < 4.78 is 10.5. The van der Waals surface area contributed by atoms with Gasteiger partial charge >= 0.3 is 5.97 Å². The molecule has 0 unspecified atom stereocenters. The van der Waals surface area contributed by atoms with E-state index < -0.39 is 5.97 Å². The van der Waals surface area contributed by atoms with Crippen molar-refractivity contribution in [1.29, 1.82) is 0 Å². The van der Waals surface area contributed by atoms with Crippen molar-refractivity contribution in [3.8, 4) is 5.75 Å². The molecule has 0 aliphatic heterocycles. The highest BCUT2D eigenvalue weighted by molar-refractivity contribution is 5.87. The molecule has 0 aliphatic rings. The minimum Gasteiger partial charge on any atom is -0.494 e. The molecule has 0 saturated heterocycles. The van der Waals surface area contributed by atoms with E-state index in [2.05, 4.69) is 4.98 Å². The molecule has 4 heteroatoms. The van der Waals surface area contributed by atoms with E-state index in [0.29, 0.717) is 6.61 Å². The largest absolute Gasteiger partial charge is 0.494 e. The minimum absolute atomic E-state index is 0.174. The first kappa shape index (κ1) is 14.8. The van der Waals surface area contributed by atoms with Gasteiger partial charge in [-0.15, -0.1) is 0 Å². The molecule has 0 bridgehead atoms. The number of hydrogen-bond acceptors (Lipinski definition) is 4. The number of hydrogen-bond donors (Lipinski definition) is 0. The zero-order valence-corrected chi connectivity index (χ0v) is 11.9. The molecular weight excluding hydrogens is 266 g/mol. The minimum atomic E-state index is -0.394.